The monoisotopic (exact) mass is 308 g/mol. The van der Waals surface area contributed by atoms with Gasteiger partial charge in [-0.15, -0.1) is 0 Å². The van der Waals surface area contributed by atoms with Crippen LogP contribution >= 0.6 is 0 Å². The van der Waals surface area contributed by atoms with Crippen LogP contribution in [0, 0.1) is 10.1 Å². The molecule has 1 aliphatic heterocycles. The van der Waals surface area contributed by atoms with Crippen LogP contribution in [0.15, 0.2) is 18.2 Å². The molecule has 0 saturated carbocycles. The molecule has 6 heteroatoms. The van der Waals surface area contributed by atoms with Crippen molar-refractivity contribution in [1.82, 2.24) is 4.90 Å². The van der Waals surface area contributed by atoms with Crippen LogP contribution in [0.2, 0.25) is 0 Å². The second kappa shape index (κ2) is 8.10. The molecule has 1 aromatic carbocycles. The van der Waals surface area contributed by atoms with Crippen molar-refractivity contribution in [3.8, 4) is 5.75 Å². The predicted molar refractivity (Wildman–Crippen MR) is 84.1 cm³/mol. The highest BCUT2D eigenvalue weighted by atomic mass is 16.6. The van der Waals surface area contributed by atoms with Gasteiger partial charge in [0.15, 0.2) is 5.75 Å². The highest BCUT2D eigenvalue weighted by Gasteiger charge is 2.19. The zero-order valence-electron chi connectivity index (χ0n) is 13.0. The molecule has 0 spiro atoms. The van der Waals surface area contributed by atoms with Gasteiger partial charge in [-0.3, -0.25) is 10.1 Å². The van der Waals surface area contributed by atoms with Gasteiger partial charge in [-0.2, -0.15) is 0 Å². The lowest BCUT2D eigenvalue weighted by molar-refractivity contribution is -0.385. The maximum absolute atomic E-state index is 11.0. The minimum Gasteiger partial charge on any atom is -0.490 e. The quantitative estimate of drug-likeness (QED) is 0.646. The Morgan fingerprint density at radius 2 is 2.00 bits per heavy atom. The van der Waals surface area contributed by atoms with Gasteiger partial charge in [0, 0.05) is 12.6 Å². The Kier molecular flexibility index (Phi) is 6.15. The van der Waals surface area contributed by atoms with Gasteiger partial charge in [-0.05, 0) is 44.0 Å². The number of hydrogen-bond acceptors (Lipinski definition) is 5. The Hall–Kier alpha value is -1.66. The van der Waals surface area contributed by atoms with Crippen LogP contribution in [0.4, 0.5) is 5.69 Å². The number of hydrogen-bond donors (Lipinski definition) is 1. The molecule has 0 bridgehead atoms. The minimum absolute atomic E-state index is 0.103. The Balaban J connectivity index is 1.98. The van der Waals surface area contributed by atoms with Crippen LogP contribution in [0.1, 0.15) is 43.8 Å². The van der Waals surface area contributed by atoms with Crippen molar-refractivity contribution in [2.24, 2.45) is 0 Å². The van der Waals surface area contributed by atoms with E-state index < -0.39 is 11.0 Å². The average Bonchev–Trinajstić information content (AvgIpc) is 2.80. The molecule has 1 aliphatic rings. The smallest absolute Gasteiger partial charge is 0.311 e. The number of methoxy groups -OCH3 is 1. The third-order valence-corrected chi connectivity index (χ3v) is 4.20. The van der Waals surface area contributed by atoms with E-state index in [9.17, 15) is 15.2 Å². The molecule has 1 heterocycles. The van der Waals surface area contributed by atoms with E-state index >= 15 is 0 Å². The predicted octanol–water partition coefficient (Wildman–Crippen LogP) is 2.90. The fraction of sp³-hybridized carbons (Fsp3) is 0.625. The molecule has 1 N–H and O–H groups in total. The third kappa shape index (κ3) is 4.42. The first-order valence-corrected chi connectivity index (χ1v) is 7.84. The van der Waals surface area contributed by atoms with E-state index in [1.165, 1.54) is 38.9 Å². The molecule has 1 unspecified atom stereocenters. The van der Waals surface area contributed by atoms with Gasteiger partial charge < -0.3 is 14.7 Å². The van der Waals surface area contributed by atoms with E-state index in [0.717, 1.165) is 19.6 Å². The molecule has 1 aromatic rings. The van der Waals surface area contributed by atoms with Crippen LogP contribution in [-0.2, 0) is 0 Å². The summed E-state index contributed by atoms with van der Waals surface area (Å²) in [5.74, 6) is 0.216. The molecule has 0 amide bonds. The first-order valence-electron chi connectivity index (χ1n) is 7.84. The topological polar surface area (TPSA) is 75.8 Å². The summed E-state index contributed by atoms with van der Waals surface area (Å²) in [5, 5.41) is 21.3. The first kappa shape index (κ1) is 16.7. The van der Waals surface area contributed by atoms with Crippen molar-refractivity contribution in [2.45, 2.75) is 38.2 Å². The Morgan fingerprint density at radius 3 is 2.59 bits per heavy atom. The normalized spacial score (nSPS) is 17.7. The molecule has 0 aromatic heterocycles. The van der Waals surface area contributed by atoms with Gasteiger partial charge in [0.1, 0.15) is 0 Å². The Labute approximate surface area is 130 Å². The minimum atomic E-state index is -0.687. The molecule has 122 valence electrons. The SMILES string of the molecule is COc1ccc(C(O)CCN2CCCCCC2)cc1[N+](=O)[O-]. The van der Waals surface area contributed by atoms with Crippen molar-refractivity contribution in [3.05, 3.63) is 33.9 Å². The second-order valence-electron chi connectivity index (χ2n) is 5.75. The first-order chi connectivity index (χ1) is 10.6. The zero-order valence-corrected chi connectivity index (χ0v) is 13.0. The van der Waals surface area contributed by atoms with Gasteiger partial charge in [-0.1, -0.05) is 18.9 Å². The Bertz CT molecular complexity index is 499. The van der Waals surface area contributed by atoms with E-state index in [2.05, 4.69) is 4.90 Å². The van der Waals surface area contributed by atoms with E-state index in [0.29, 0.717) is 12.0 Å². The number of aliphatic hydroxyl groups is 1. The second-order valence-corrected chi connectivity index (χ2v) is 5.75. The number of likely N-dealkylation sites (tertiary alicyclic amines) is 1. The number of nitro groups is 1. The molecule has 1 atom stereocenters. The highest BCUT2D eigenvalue weighted by molar-refractivity contribution is 5.49. The fourth-order valence-electron chi connectivity index (χ4n) is 2.89. The molecule has 1 fully saturated rings. The number of aliphatic hydroxyl groups excluding tert-OH is 1. The number of nitrogens with zero attached hydrogens (tertiary/aromatic N) is 2. The fourth-order valence-corrected chi connectivity index (χ4v) is 2.89. The number of nitro benzene ring substituents is 1. The average molecular weight is 308 g/mol. The van der Waals surface area contributed by atoms with Crippen molar-refractivity contribution >= 4 is 5.69 Å². The van der Waals surface area contributed by atoms with Gasteiger partial charge in [0.25, 0.3) is 0 Å². The largest absolute Gasteiger partial charge is 0.490 e. The van der Waals surface area contributed by atoms with Gasteiger partial charge >= 0.3 is 5.69 Å². The van der Waals surface area contributed by atoms with Gasteiger partial charge in [0.05, 0.1) is 18.1 Å². The van der Waals surface area contributed by atoms with E-state index in [1.807, 2.05) is 0 Å². The summed E-state index contributed by atoms with van der Waals surface area (Å²) in [7, 11) is 1.40. The van der Waals surface area contributed by atoms with Crippen LogP contribution in [0.5, 0.6) is 5.75 Å². The summed E-state index contributed by atoms with van der Waals surface area (Å²) in [6, 6.07) is 4.65. The van der Waals surface area contributed by atoms with Crippen LogP contribution < -0.4 is 4.74 Å². The summed E-state index contributed by atoms with van der Waals surface area (Å²) < 4.78 is 4.98. The molecule has 6 nitrogen and oxygen atoms in total. The summed E-state index contributed by atoms with van der Waals surface area (Å²) in [5.41, 5.74) is 0.469. The van der Waals surface area contributed by atoms with Crippen molar-refractivity contribution in [1.29, 1.82) is 0 Å². The molecule has 0 radical (unpaired) electrons. The summed E-state index contributed by atoms with van der Waals surface area (Å²) in [4.78, 5) is 12.9. The molecule has 0 aliphatic carbocycles. The lowest BCUT2D eigenvalue weighted by Gasteiger charge is -2.21. The molecular weight excluding hydrogens is 284 g/mol. The zero-order chi connectivity index (χ0) is 15.9. The van der Waals surface area contributed by atoms with Gasteiger partial charge in [-0.25, -0.2) is 0 Å². The maximum Gasteiger partial charge on any atom is 0.311 e. The maximum atomic E-state index is 11.0. The molecule has 2 rings (SSSR count). The number of benzene rings is 1. The molecule has 22 heavy (non-hydrogen) atoms. The van der Waals surface area contributed by atoms with Crippen LogP contribution in [-0.4, -0.2) is 41.7 Å². The standard InChI is InChI=1S/C16H24N2O4/c1-22-16-7-6-13(12-14(16)18(20)21)15(19)8-11-17-9-4-2-3-5-10-17/h6-7,12,15,19H,2-5,8-11H2,1H3. The van der Waals surface area contributed by atoms with Gasteiger partial charge in [0.2, 0.25) is 0 Å². The molecule has 1 saturated heterocycles. The lowest BCUT2D eigenvalue weighted by atomic mass is 10.1. The number of ether oxygens (including phenoxy) is 1. The van der Waals surface area contributed by atoms with Crippen LogP contribution in [0.25, 0.3) is 0 Å². The Morgan fingerprint density at radius 1 is 1.32 bits per heavy atom. The van der Waals surface area contributed by atoms with Crippen molar-refractivity contribution in [2.75, 3.05) is 26.7 Å². The van der Waals surface area contributed by atoms with Crippen molar-refractivity contribution < 1.29 is 14.8 Å². The van der Waals surface area contributed by atoms with E-state index in [1.54, 1.807) is 12.1 Å². The van der Waals surface area contributed by atoms with E-state index in [-0.39, 0.29) is 11.4 Å². The lowest BCUT2D eigenvalue weighted by Crippen LogP contribution is -2.26. The summed E-state index contributed by atoms with van der Waals surface area (Å²) >= 11 is 0. The molecular formula is C16H24N2O4. The third-order valence-electron chi connectivity index (χ3n) is 4.20. The summed E-state index contributed by atoms with van der Waals surface area (Å²) in [6.45, 7) is 2.98. The number of rotatable bonds is 6. The highest BCUT2D eigenvalue weighted by Crippen LogP contribution is 2.30. The van der Waals surface area contributed by atoms with Crippen LogP contribution in [0.3, 0.4) is 0 Å². The van der Waals surface area contributed by atoms with E-state index in [4.69, 9.17) is 4.74 Å². The summed E-state index contributed by atoms with van der Waals surface area (Å²) in [6.07, 6.45) is 4.89. The van der Waals surface area contributed by atoms with Crippen molar-refractivity contribution in [3.63, 3.8) is 0 Å².